The first-order valence-electron chi connectivity index (χ1n) is 3.87. The summed E-state index contributed by atoms with van der Waals surface area (Å²) < 4.78 is 9.93. The van der Waals surface area contributed by atoms with Crippen molar-refractivity contribution in [3.05, 3.63) is 23.1 Å². The van der Waals surface area contributed by atoms with Gasteiger partial charge in [0, 0.05) is 0 Å². The van der Waals surface area contributed by atoms with Gasteiger partial charge in [0.2, 0.25) is 5.76 Å². The van der Waals surface area contributed by atoms with Crippen LogP contribution in [0.15, 0.2) is 16.5 Å². The van der Waals surface area contributed by atoms with Gasteiger partial charge in [-0.2, -0.15) is 0 Å². The fourth-order valence-corrected chi connectivity index (χ4v) is 0.899. The number of furan rings is 1. The van der Waals surface area contributed by atoms with E-state index in [4.69, 9.17) is 20.8 Å². The molecule has 1 rings (SSSR count). The van der Waals surface area contributed by atoms with Gasteiger partial charge in [0.05, 0.1) is 0 Å². The van der Waals surface area contributed by atoms with E-state index in [0.29, 0.717) is 0 Å². The molecule has 1 aromatic heterocycles. The van der Waals surface area contributed by atoms with Crippen LogP contribution in [0.3, 0.4) is 0 Å². The zero-order valence-electron chi connectivity index (χ0n) is 7.76. The number of rotatable bonds is 1. The van der Waals surface area contributed by atoms with Gasteiger partial charge in [0.15, 0.2) is 5.22 Å². The molecule has 72 valence electrons. The first-order valence-corrected chi connectivity index (χ1v) is 4.25. The average molecular weight is 203 g/mol. The maximum absolute atomic E-state index is 11.3. The zero-order valence-corrected chi connectivity index (χ0v) is 8.51. The maximum atomic E-state index is 11.3. The molecule has 3 nitrogen and oxygen atoms in total. The molecule has 0 atom stereocenters. The van der Waals surface area contributed by atoms with Gasteiger partial charge < -0.3 is 9.15 Å². The van der Waals surface area contributed by atoms with E-state index in [9.17, 15) is 4.79 Å². The van der Waals surface area contributed by atoms with Gasteiger partial charge in [-0.1, -0.05) is 0 Å². The second-order valence-electron chi connectivity index (χ2n) is 3.61. The van der Waals surface area contributed by atoms with Crippen LogP contribution >= 0.6 is 11.6 Å². The number of ether oxygens (including phenoxy) is 1. The van der Waals surface area contributed by atoms with Crippen molar-refractivity contribution in [1.82, 2.24) is 0 Å². The summed E-state index contributed by atoms with van der Waals surface area (Å²) in [5, 5.41) is 0.181. The topological polar surface area (TPSA) is 39.4 Å². The van der Waals surface area contributed by atoms with E-state index in [1.54, 1.807) is 20.8 Å². The molecule has 0 aliphatic carbocycles. The number of hydrogen-bond donors (Lipinski definition) is 0. The number of halogens is 1. The van der Waals surface area contributed by atoms with E-state index in [0.717, 1.165) is 0 Å². The van der Waals surface area contributed by atoms with Crippen LogP contribution in [0.1, 0.15) is 31.3 Å². The largest absolute Gasteiger partial charge is 0.454 e. The second kappa shape index (κ2) is 3.42. The van der Waals surface area contributed by atoms with Gasteiger partial charge >= 0.3 is 5.97 Å². The van der Waals surface area contributed by atoms with Crippen LogP contribution in [0.2, 0.25) is 5.22 Å². The van der Waals surface area contributed by atoms with Crippen LogP contribution in [-0.4, -0.2) is 11.6 Å². The highest BCUT2D eigenvalue weighted by molar-refractivity contribution is 6.29. The quantitative estimate of drug-likeness (QED) is 0.658. The molecule has 0 aromatic carbocycles. The Morgan fingerprint density at radius 1 is 1.46 bits per heavy atom. The molecule has 0 N–H and O–H groups in total. The molecular weight excluding hydrogens is 192 g/mol. The molecule has 0 fully saturated rings. The predicted octanol–water partition coefficient (Wildman–Crippen LogP) is 2.89. The fraction of sp³-hybridized carbons (Fsp3) is 0.444. The maximum Gasteiger partial charge on any atom is 0.374 e. The third kappa shape index (κ3) is 3.11. The lowest BCUT2D eigenvalue weighted by molar-refractivity contribution is 0.00361. The minimum absolute atomic E-state index is 0.125. The summed E-state index contributed by atoms with van der Waals surface area (Å²) in [5.41, 5.74) is -0.518. The minimum atomic E-state index is -0.518. The van der Waals surface area contributed by atoms with Crippen LogP contribution in [0.4, 0.5) is 0 Å². The Bertz CT molecular complexity index is 309. The summed E-state index contributed by atoms with van der Waals surface area (Å²) in [7, 11) is 0. The monoisotopic (exact) mass is 202 g/mol. The summed E-state index contributed by atoms with van der Waals surface area (Å²) in [6.07, 6.45) is 0. The van der Waals surface area contributed by atoms with E-state index in [-0.39, 0.29) is 11.0 Å². The lowest BCUT2D eigenvalue weighted by atomic mass is 10.2. The second-order valence-corrected chi connectivity index (χ2v) is 3.98. The molecule has 0 bridgehead atoms. The van der Waals surface area contributed by atoms with E-state index in [1.165, 1.54) is 12.1 Å². The third-order valence-electron chi connectivity index (χ3n) is 1.17. The summed E-state index contributed by atoms with van der Waals surface area (Å²) in [4.78, 5) is 11.3. The summed E-state index contributed by atoms with van der Waals surface area (Å²) in [6, 6.07) is 2.98. The van der Waals surface area contributed by atoms with Crippen LogP contribution in [0.5, 0.6) is 0 Å². The van der Waals surface area contributed by atoms with Gasteiger partial charge in [-0.05, 0) is 44.5 Å². The molecule has 4 heteroatoms. The van der Waals surface area contributed by atoms with Gasteiger partial charge in [0.1, 0.15) is 5.60 Å². The fourth-order valence-electron chi connectivity index (χ4n) is 0.752. The Morgan fingerprint density at radius 2 is 2.08 bits per heavy atom. The Balaban J connectivity index is 2.70. The van der Waals surface area contributed by atoms with Gasteiger partial charge in [-0.25, -0.2) is 4.79 Å². The molecule has 1 heterocycles. The average Bonchev–Trinajstić information content (AvgIpc) is 2.31. The van der Waals surface area contributed by atoms with Crippen molar-refractivity contribution >= 4 is 17.6 Å². The van der Waals surface area contributed by atoms with Crippen LogP contribution in [0, 0.1) is 0 Å². The van der Waals surface area contributed by atoms with E-state index >= 15 is 0 Å². The molecule has 0 aliphatic rings. The Morgan fingerprint density at radius 3 is 2.46 bits per heavy atom. The normalized spacial score (nSPS) is 11.4. The summed E-state index contributed by atoms with van der Waals surface area (Å²) in [5.74, 6) is -0.376. The predicted molar refractivity (Wildman–Crippen MR) is 48.9 cm³/mol. The molecule has 1 aromatic rings. The Labute approximate surface area is 81.6 Å². The van der Waals surface area contributed by atoms with Gasteiger partial charge in [-0.15, -0.1) is 0 Å². The van der Waals surface area contributed by atoms with Crippen molar-refractivity contribution in [3.8, 4) is 0 Å². The van der Waals surface area contributed by atoms with Crippen molar-refractivity contribution in [3.63, 3.8) is 0 Å². The van der Waals surface area contributed by atoms with Crippen LogP contribution in [0.25, 0.3) is 0 Å². The first kappa shape index (κ1) is 10.1. The summed E-state index contributed by atoms with van der Waals surface area (Å²) in [6.45, 7) is 5.36. The van der Waals surface area contributed by atoms with E-state index < -0.39 is 11.6 Å². The number of esters is 1. The first-order chi connectivity index (χ1) is 5.88. The van der Waals surface area contributed by atoms with E-state index in [2.05, 4.69) is 0 Å². The Hall–Kier alpha value is -0.960. The molecular formula is C9H11ClO3. The molecule has 0 amide bonds. The number of hydrogen-bond acceptors (Lipinski definition) is 3. The highest BCUT2D eigenvalue weighted by atomic mass is 35.5. The smallest absolute Gasteiger partial charge is 0.374 e. The highest BCUT2D eigenvalue weighted by Crippen LogP contribution is 2.17. The van der Waals surface area contributed by atoms with Gasteiger partial charge in [-0.3, -0.25) is 0 Å². The Kier molecular flexibility index (Phi) is 2.66. The molecule has 0 saturated carbocycles. The molecule has 0 radical (unpaired) electrons. The molecule has 0 aliphatic heterocycles. The van der Waals surface area contributed by atoms with Crippen LogP contribution < -0.4 is 0 Å². The van der Waals surface area contributed by atoms with Crippen molar-refractivity contribution in [2.45, 2.75) is 26.4 Å². The molecule has 0 spiro atoms. The molecule has 13 heavy (non-hydrogen) atoms. The third-order valence-corrected chi connectivity index (χ3v) is 1.38. The summed E-state index contributed by atoms with van der Waals surface area (Å²) >= 11 is 5.50. The molecule has 0 unspecified atom stereocenters. The molecule has 0 saturated heterocycles. The number of carbonyl (C=O) groups excluding carboxylic acids is 1. The standard InChI is InChI=1S/C9H11ClO3/c1-9(2,3)13-8(11)6-4-5-7(10)12-6/h4-5H,1-3H3. The van der Waals surface area contributed by atoms with Crippen molar-refractivity contribution < 1.29 is 13.9 Å². The van der Waals surface area contributed by atoms with Crippen LogP contribution in [-0.2, 0) is 4.74 Å². The zero-order chi connectivity index (χ0) is 10.1. The number of carbonyl (C=O) groups is 1. The van der Waals surface area contributed by atoms with Gasteiger partial charge in [0.25, 0.3) is 0 Å². The highest BCUT2D eigenvalue weighted by Gasteiger charge is 2.20. The van der Waals surface area contributed by atoms with E-state index in [1.807, 2.05) is 0 Å². The van der Waals surface area contributed by atoms with Crippen molar-refractivity contribution in [2.75, 3.05) is 0 Å². The van der Waals surface area contributed by atoms with Crippen molar-refractivity contribution in [2.24, 2.45) is 0 Å². The SMILES string of the molecule is CC(C)(C)OC(=O)c1ccc(Cl)o1. The minimum Gasteiger partial charge on any atom is -0.454 e. The van der Waals surface area contributed by atoms with Crippen molar-refractivity contribution in [1.29, 1.82) is 0 Å². The lowest BCUT2D eigenvalue weighted by Crippen LogP contribution is -2.23. The lowest BCUT2D eigenvalue weighted by Gasteiger charge is -2.18.